The van der Waals surface area contributed by atoms with Gasteiger partial charge in [-0.1, -0.05) is 70.4 Å². The maximum Gasteiger partial charge on any atom is 0.0667 e. The van der Waals surface area contributed by atoms with Gasteiger partial charge < -0.3 is 10.0 Å². The molecule has 0 radical (unpaired) electrons. The minimum Gasteiger partial charge on any atom is -0.392 e. The molecule has 0 aromatic heterocycles. The largest absolute Gasteiger partial charge is 0.392 e. The smallest absolute Gasteiger partial charge is 0.0667 e. The molecule has 0 unspecified atom stereocenters. The Kier molecular flexibility index (Phi) is 10.1. The third-order valence-corrected chi connectivity index (χ3v) is 5.60. The summed E-state index contributed by atoms with van der Waals surface area (Å²) in [7, 11) is 0. The summed E-state index contributed by atoms with van der Waals surface area (Å²) in [5, 5.41) is 10.3. The zero-order valence-electron chi connectivity index (χ0n) is 17.1. The molecule has 1 fully saturated rings. The lowest BCUT2D eigenvalue weighted by molar-refractivity contribution is 0.0996. The van der Waals surface area contributed by atoms with Crippen LogP contribution in [0.5, 0.6) is 0 Å². The van der Waals surface area contributed by atoms with Crippen LogP contribution in [0.1, 0.15) is 70.3 Å². The molecule has 3 nitrogen and oxygen atoms in total. The van der Waals surface area contributed by atoms with Crippen molar-refractivity contribution in [3.8, 4) is 0 Å². The Labute approximate surface area is 161 Å². The predicted octanol–water partition coefficient (Wildman–Crippen LogP) is 5.01. The molecule has 1 heterocycles. The Morgan fingerprint density at radius 1 is 0.923 bits per heavy atom. The van der Waals surface area contributed by atoms with E-state index in [4.69, 9.17) is 0 Å². The number of rotatable bonds is 12. The van der Waals surface area contributed by atoms with Crippen LogP contribution < -0.4 is 4.90 Å². The van der Waals surface area contributed by atoms with Crippen molar-refractivity contribution in [2.45, 2.75) is 77.7 Å². The molecule has 1 atom stereocenters. The molecule has 1 saturated heterocycles. The van der Waals surface area contributed by atoms with Crippen molar-refractivity contribution in [3.05, 3.63) is 29.8 Å². The number of aliphatic hydroxyl groups is 1. The van der Waals surface area contributed by atoms with Gasteiger partial charge in [-0.15, -0.1) is 0 Å². The van der Waals surface area contributed by atoms with E-state index in [9.17, 15) is 5.11 Å². The van der Waals surface area contributed by atoms with E-state index < -0.39 is 0 Å². The number of aliphatic hydroxyl groups excluding tert-OH is 1. The van der Waals surface area contributed by atoms with Crippen LogP contribution in [0.3, 0.4) is 0 Å². The van der Waals surface area contributed by atoms with Gasteiger partial charge in [-0.05, 0) is 31.0 Å². The first kappa shape index (κ1) is 21.2. The lowest BCUT2D eigenvalue weighted by atomic mass is 10.1. The van der Waals surface area contributed by atoms with Crippen molar-refractivity contribution >= 4 is 5.69 Å². The number of nitrogens with zero attached hydrogens (tertiary/aromatic N) is 2. The fourth-order valence-corrected chi connectivity index (χ4v) is 3.92. The fraction of sp³-hybridized carbons (Fsp3) is 0.739. The number of unbranched alkanes of at least 4 members (excludes halogenated alkanes) is 7. The van der Waals surface area contributed by atoms with E-state index in [0.29, 0.717) is 0 Å². The van der Waals surface area contributed by atoms with Gasteiger partial charge in [0.15, 0.2) is 0 Å². The number of piperazine rings is 1. The Morgan fingerprint density at radius 2 is 1.58 bits per heavy atom. The molecule has 1 aliphatic rings. The average Bonchev–Trinajstić information content (AvgIpc) is 2.64. The monoisotopic (exact) mass is 360 g/mol. The third kappa shape index (κ3) is 8.09. The van der Waals surface area contributed by atoms with Gasteiger partial charge in [-0.3, -0.25) is 4.90 Å². The highest BCUT2D eigenvalue weighted by atomic mass is 16.3. The molecule has 1 N–H and O–H groups in total. The van der Waals surface area contributed by atoms with Crippen LogP contribution in [0.2, 0.25) is 0 Å². The number of benzene rings is 1. The second kappa shape index (κ2) is 12.3. The van der Waals surface area contributed by atoms with Crippen LogP contribution in [0, 0.1) is 6.92 Å². The Hall–Kier alpha value is -1.06. The minimum atomic E-state index is -0.152. The zero-order valence-corrected chi connectivity index (χ0v) is 17.1. The van der Waals surface area contributed by atoms with Gasteiger partial charge in [0.2, 0.25) is 0 Å². The number of β-amino-alcohol motifs (C(OH)–C–C–N with tert-alkyl or cyclic N) is 1. The van der Waals surface area contributed by atoms with E-state index in [1.165, 1.54) is 62.6 Å². The second-order valence-electron chi connectivity index (χ2n) is 8.04. The SMILES string of the molecule is CCCCCCCCCC[C@@H](O)CN1CCN(c2cccc(C)c2)CC1. The molecule has 26 heavy (non-hydrogen) atoms. The minimum absolute atomic E-state index is 0.152. The standard InChI is InChI=1S/C23H40N2O/c1-3-4-5-6-7-8-9-10-14-23(26)20-24-15-17-25(18-16-24)22-13-11-12-21(2)19-22/h11-13,19,23,26H,3-10,14-18,20H2,1-2H3/t23-/m1/s1. The first-order valence-electron chi connectivity index (χ1n) is 10.9. The van der Waals surface area contributed by atoms with E-state index in [1.54, 1.807) is 0 Å². The fourth-order valence-electron chi connectivity index (χ4n) is 3.92. The summed E-state index contributed by atoms with van der Waals surface area (Å²) in [6, 6.07) is 8.78. The lowest BCUT2D eigenvalue weighted by Gasteiger charge is -2.37. The van der Waals surface area contributed by atoms with Gasteiger partial charge in [0, 0.05) is 38.4 Å². The van der Waals surface area contributed by atoms with Crippen molar-refractivity contribution < 1.29 is 5.11 Å². The molecule has 3 heteroatoms. The van der Waals surface area contributed by atoms with Crippen molar-refractivity contribution in [1.29, 1.82) is 0 Å². The van der Waals surface area contributed by atoms with Crippen LogP contribution in [0.4, 0.5) is 5.69 Å². The maximum atomic E-state index is 10.3. The van der Waals surface area contributed by atoms with Crippen molar-refractivity contribution in [2.75, 3.05) is 37.6 Å². The van der Waals surface area contributed by atoms with Gasteiger partial charge in [-0.25, -0.2) is 0 Å². The first-order chi connectivity index (χ1) is 12.7. The van der Waals surface area contributed by atoms with Crippen LogP contribution in [-0.2, 0) is 0 Å². The molecular weight excluding hydrogens is 320 g/mol. The summed E-state index contributed by atoms with van der Waals surface area (Å²) in [6.45, 7) is 9.51. The Balaban J connectivity index is 1.53. The van der Waals surface area contributed by atoms with Crippen LogP contribution in [0.25, 0.3) is 0 Å². The van der Waals surface area contributed by atoms with E-state index in [2.05, 4.69) is 47.9 Å². The van der Waals surface area contributed by atoms with Crippen LogP contribution in [-0.4, -0.2) is 48.8 Å². The average molecular weight is 361 g/mol. The summed E-state index contributed by atoms with van der Waals surface area (Å²) in [5.41, 5.74) is 2.66. The van der Waals surface area contributed by atoms with Gasteiger partial charge in [0.1, 0.15) is 0 Å². The van der Waals surface area contributed by atoms with E-state index in [1.807, 2.05) is 0 Å². The van der Waals surface area contributed by atoms with Crippen LogP contribution in [0.15, 0.2) is 24.3 Å². The van der Waals surface area contributed by atoms with Crippen molar-refractivity contribution in [1.82, 2.24) is 4.90 Å². The highest BCUT2D eigenvalue weighted by Crippen LogP contribution is 2.18. The number of aryl methyl sites for hydroxylation is 1. The molecule has 0 bridgehead atoms. The molecule has 1 aliphatic heterocycles. The summed E-state index contributed by atoms with van der Waals surface area (Å²) >= 11 is 0. The van der Waals surface area contributed by atoms with Crippen molar-refractivity contribution in [3.63, 3.8) is 0 Å². The topological polar surface area (TPSA) is 26.7 Å². The first-order valence-corrected chi connectivity index (χ1v) is 10.9. The summed E-state index contributed by atoms with van der Waals surface area (Å²) in [5.74, 6) is 0. The quantitative estimate of drug-likeness (QED) is 0.531. The third-order valence-electron chi connectivity index (χ3n) is 5.60. The normalized spacial score (nSPS) is 16.8. The van der Waals surface area contributed by atoms with E-state index in [-0.39, 0.29) is 6.10 Å². The molecule has 0 amide bonds. The zero-order chi connectivity index (χ0) is 18.6. The molecule has 0 spiro atoms. The van der Waals surface area contributed by atoms with Gasteiger partial charge in [0.05, 0.1) is 6.10 Å². The molecule has 0 saturated carbocycles. The number of hydrogen-bond acceptors (Lipinski definition) is 3. The molecule has 2 rings (SSSR count). The highest BCUT2D eigenvalue weighted by Gasteiger charge is 2.19. The van der Waals surface area contributed by atoms with Crippen molar-refractivity contribution in [2.24, 2.45) is 0 Å². The van der Waals surface area contributed by atoms with Crippen LogP contribution >= 0.6 is 0 Å². The van der Waals surface area contributed by atoms with E-state index in [0.717, 1.165) is 39.1 Å². The highest BCUT2D eigenvalue weighted by molar-refractivity contribution is 5.48. The predicted molar refractivity (Wildman–Crippen MR) is 113 cm³/mol. The summed E-state index contributed by atoms with van der Waals surface area (Å²) in [6.07, 6.45) is 11.5. The van der Waals surface area contributed by atoms with Gasteiger partial charge >= 0.3 is 0 Å². The molecule has 1 aromatic rings. The Morgan fingerprint density at radius 3 is 2.23 bits per heavy atom. The second-order valence-corrected chi connectivity index (χ2v) is 8.04. The van der Waals surface area contributed by atoms with Gasteiger partial charge in [-0.2, -0.15) is 0 Å². The van der Waals surface area contributed by atoms with E-state index >= 15 is 0 Å². The molecule has 148 valence electrons. The number of hydrogen-bond donors (Lipinski definition) is 1. The Bertz CT molecular complexity index is 483. The molecular formula is C23H40N2O. The lowest BCUT2D eigenvalue weighted by Crippen LogP contribution is -2.48. The van der Waals surface area contributed by atoms with Gasteiger partial charge in [0.25, 0.3) is 0 Å². The summed E-state index contributed by atoms with van der Waals surface area (Å²) in [4.78, 5) is 4.90. The maximum absolute atomic E-state index is 10.3. The molecule has 0 aliphatic carbocycles. The summed E-state index contributed by atoms with van der Waals surface area (Å²) < 4.78 is 0. The number of anilines is 1. The molecule has 1 aromatic carbocycles.